The van der Waals surface area contributed by atoms with Gasteiger partial charge in [0.1, 0.15) is 0 Å². The Balaban J connectivity index is 1.92. The van der Waals surface area contributed by atoms with Gasteiger partial charge >= 0.3 is 7.12 Å². The molecule has 1 atom stereocenters. The monoisotopic (exact) mass is 342 g/mol. The lowest BCUT2D eigenvalue weighted by molar-refractivity contribution is 0.00578. The molecular formula is C20H24BClO2. The molecular weight excluding hydrogens is 318 g/mol. The van der Waals surface area contributed by atoms with Gasteiger partial charge in [0.25, 0.3) is 0 Å². The van der Waals surface area contributed by atoms with Gasteiger partial charge in [-0.25, -0.2) is 0 Å². The first-order valence-electron chi connectivity index (χ1n) is 8.43. The van der Waals surface area contributed by atoms with Crippen molar-refractivity contribution in [3.8, 4) is 0 Å². The molecule has 2 aromatic carbocycles. The van der Waals surface area contributed by atoms with Crippen LogP contribution in [0.25, 0.3) is 0 Å². The lowest BCUT2D eigenvalue weighted by atomic mass is 9.65. The standard InChI is InChI=1S/C20H24BClO2/c1-19(2)20(3,4)24-21(23-19)18(14-15-8-6-5-7-9-15)16-10-12-17(22)13-11-16/h5-13,18H,14H2,1-4H3. The van der Waals surface area contributed by atoms with E-state index >= 15 is 0 Å². The van der Waals surface area contributed by atoms with Crippen LogP contribution in [0.3, 0.4) is 0 Å². The van der Waals surface area contributed by atoms with Crippen LogP contribution >= 0.6 is 11.6 Å². The predicted molar refractivity (Wildman–Crippen MR) is 100 cm³/mol. The number of hydrogen-bond acceptors (Lipinski definition) is 2. The molecule has 0 N–H and O–H groups in total. The summed E-state index contributed by atoms with van der Waals surface area (Å²) < 4.78 is 12.7. The smallest absolute Gasteiger partial charge is 0.403 e. The molecule has 0 radical (unpaired) electrons. The van der Waals surface area contributed by atoms with E-state index in [9.17, 15) is 0 Å². The highest BCUT2D eigenvalue weighted by Crippen LogP contribution is 2.41. The van der Waals surface area contributed by atoms with Crippen LogP contribution in [-0.2, 0) is 15.7 Å². The molecule has 0 spiro atoms. The minimum atomic E-state index is -0.334. The molecule has 1 unspecified atom stereocenters. The molecule has 1 fully saturated rings. The Hall–Kier alpha value is -1.29. The van der Waals surface area contributed by atoms with Gasteiger partial charge < -0.3 is 9.31 Å². The molecule has 126 valence electrons. The summed E-state index contributed by atoms with van der Waals surface area (Å²) in [4.78, 5) is 0. The van der Waals surface area contributed by atoms with Gasteiger partial charge in [0.05, 0.1) is 11.2 Å². The third kappa shape index (κ3) is 3.54. The third-order valence-corrected chi connectivity index (χ3v) is 5.45. The van der Waals surface area contributed by atoms with Crippen LogP contribution in [-0.4, -0.2) is 18.3 Å². The molecule has 0 saturated carbocycles. The number of hydrogen-bond donors (Lipinski definition) is 0. The highest BCUT2D eigenvalue weighted by Gasteiger charge is 2.53. The van der Waals surface area contributed by atoms with Crippen LogP contribution in [0.5, 0.6) is 0 Å². The van der Waals surface area contributed by atoms with Crippen LogP contribution < -0.4 is 0 Å². The lowest BCUT2D eigenvalue weighted by Crippen LogP contribution is -2.41. The van der Waals surface area contributed by atoms with Gasteiger partial charge in [-0.2, -0.15) is 0 Å². The maximum Gasteiger partial charge on any atom is 0.466 e. The number of benzene rings is 2. The molecule has 1 heterocycles. The second-order valence-electron chi connectivity index (χ2n) is 7.47. The van der Waals surface area contributed by atoms with E-state index in [4.69, 9.17) is 20.9 Å². The molecule has 0 bridgehead atoms. The Morgan fingerprint density at radius 3 is 1.96 bits per heavy atom. The first-order valence-corrected chi connectivity index (χ1v) is 8.81. The quantitative estimate of drug-likeness (QED) is 0.702. The minimum Gasteiger partial charge on any atom is -0.403 e. The largest absolute Gasteiger partial charge is 0.466 e. The highest BCUT2D eigenvalue weighted by molar-refractivity contribution is 6.47. The maximum absolute atomic E-state index is 6.33. The minimum absolute atomic E-state index is 0.116. The fourth-order valence-electron chi connectivity index (χ4n) is 3.00. The summed E-state index contributed by atoms with van der Waals surface area (Å²) in [6.07, 6.45) is 0.860. The van der Waals surface area contributed by atoms with Crippen molar-refractivity contribution in [3.63, 3.8) is 0 Å². The van der Waals surface area contributed by atoms with Crippen LogP contribution in [0.2, 0.25) is 5.02 Å². The van der Waals surface area contributed by atoms with Crippen molar-refractivity contribution >= 4 is 18.7 Å². The van der Waals surface area contributed by atoms with E-state index in [0.717, 1.165) is 11.4 Å². The second kappa shape index (κ2) is 6.55. The molecule has 0 aliphatic carbocycles. The first kappa shape index (κ1) is 17.5. The summed E-state index contributed by atoms with van der Waals surface area (Å²) >= 11 is 6.06. The Morgan fingerprint density at radius 1 is 0.875 bits per heavy atom. The number of halogens is 1. The van der Waals surface area contributed by atoms with Crippen LogP contribution in [0, 0.1) is 0 Å². The predicted octanol–water partition coefficient (Wildman–Crippen LogP) is 5.30. The zero-order valence-corrected chi connectivity index (χ0v) is 15.5. The van der Waals surface area contributed by atoms with E-state index in [1.165, 1.54) is 11.1 Å². The van der Waals surface area contributed by atoms with E-state index in [0.29, 0.717) is 0 Å². The molecule has 2 nitrogen and oxygen atoms in total. The topological polar surface area (TPSA) is 18.5 Å². The molecule has 24 heavy (non-hydrogen) atoms. The summed E-state index contributed by atoms with van der Waals surface area (Å²) in [5.41, 5.74) is 1.78. The highest BCUT2D eigenvalue weighted by atomic mass is 35.5. The molecule has 4 heteroatoms. The fourth-order valence-corrected chi connectivity index (χ4v) is 3.13. The van der Waals surface area contributed by atoms with Crippen molar-refractivity contribution in [2.75, 3.05) is 0 Å². The van der Waals surface area contributed by atoms with Crippen molar-refractivity contribution < 1.29 is 9.31 Å². The SMILES string of the molecule is CC1(C)OB(C(Cc2ccccc2)c2ccc(Cl)cc2)OC1(C)C. The van der Waals surface area contributed by atoms with E-state index < -0.39 is 0 Å². The van der Waals surface area contributed by atoms with E-state index in [1.807, 2.05) is 18.2 Å². The van der Waals surface area contributed by atoms with E-state index in [1.54, 1.807) is 0 Å². The van der Waals surface area contributed by atoms with Gasteiger partial charge in [-0.05, 0) is 57.4 Å². The van der Waals surface area contributed by atoms with E-state index in [2.05, 4.69) is 64.1 Å². The van der Waals surface area contributed by atoms with Crippen molar-refractivity contribution in [1.82, 2.24) is 0 Å². The van der Waals surface area contributed by atoms with Crippen LogP contribution in [0.1, 0.15) is 44.6 Å². The van der Waals surface area contributed by atoms with Crippen molar-refractivity contribution in [1.29, 1.82) is 0 Å². The molecule has 0 aromatic heterocycles. The zero-order chi connectivity index (χ0) is 17.4. The van der Waals surface area contributed by atoms with Gasteiger partial charge in [0.2, 0.25) is 0 Å². The molecule has 1 aliphatic heterocycles. The summed E-state index contributed by atoms with van der Waals surface area (Å²) in [5.74, 6) is 0.116. The Morgan fingerprint density at radius 2 is 1.42 bits per heavy atom. The van der Waals surface area contributed by atoms with Gasteiger partial charge in [-0.1, -0.05) is 54.1 Å². The fraction of sp³-hybridized carbons (Fsp3) is 0.400. The third-order valence-electron chi connectivity index (χ3n) is 5.20. The van der Waals surface area contributed by atoms with Crippen molar-refractivity contribution in [2.24, 2.45) is 0 Å². The maximum atomic E-state index is 6.33. The van der Waals surface area contributed by atoms with Gasteiger partial charge in [0.15, 0.2) is 0 Å². The van der Waals surface area contributed by atoms with Gasteiger partial charge in [0, 0.05) is 10.8 Å². The lowest BCUT2D eigenvalue weighted by Gasteiger charge is -2.32. The van der Waals surface area contributed by atoms with Crippen LogP contribution in [0.15, 0.2) is 54.6 Å². The summed E-state index contributed by atoms with van der Waals surface area (Å²) in [7, 11) is -0.281. The summed E-state index contributed by atoms with van der Waals surface area (Å²) in [6.45, 7) is 8.37. The van der Waals surface area contributed by atoms with Gasteiger partial charge in [-0.15, -0.1) is 0 Å². The normalized spacial score (nSPS) is 20.1. The average Bonchev–Trinajstić information content (AvgIpc) is 2.75. The number of rotatable bonds is 4. The summed E-state index contributed by atoms with van der Waals surface area (Å²) in [6, 6.07) is 18.5. The molecule has 0 amide bonds. The van der Waals surface area contributed by atoms with Crippen LogP contribution in [0.4, 0.5) is 0 Å². The zero-order valence-electron chi connectivity index (χ0n) is 14.8. The molecule has 1 saturated heterocycles. The van der Waals surface area contributed by atoms with Crippen molar-refractivity contribution in [2.45, 2.75) is 51.1 Å². The Labute approximate surface area is 150 Å². The summed E-state index contributed by atoms with van der Waals surface area (Å²) in [5, 5.41) is 0.742. The Bertz CT molecular complexity index is 667. The first-order chi connectivity index (χ1) is 11.3. The van der Waals surface area contributed by atoms with Gasteiger partial charge in [-0.3, -0.25) is 0 Å². The molecule has 2 aromatic rings. The average molecular weight is 343 g/mol. The molecule has 3 rings (SSSR count). The Kier molecular flexibility index (Phi) is 4.79. The second-order valence-corrected chi connectivity index (χ2v) is 7.91. The van der Waals surface area contributed by atoms with Crippen molar-refractivity contribution in [3.05, 3.63) is 70.7 Å². The van der Waals surface area contributed by atoms with E-state index in [-0.39, 0.29) is 24.1 Å². The molecule has 1 aliphatic rings.